The van der Waals surface area contributed by atoms with Gasteiger partial charge in [-0.2, -0.15) is 0 Å². The van der Waals surface area contributed by atoms with E-state index in [1.54, 1.807) is 0 Å². The minimum absolute atomic E-state index is 0.0276. The molecule has 1 N–H and O–H groups in total. The average molecular weight is 477 g/mol. The topological polar surface area (TPSA) is 69.0 Å². The number of ether oxygens (including phenoxy) is 1. The van der Waals surface area contributed by atoms with E-state index < -0.39 is 5.25 Å². The fourth-order valence-electron chi connectivity index (χ4n) is 3.66. The Morgan fingerprint density at radius 1 is 1.03 bits per heavy atom. The second-order valence-corrected chi connectivity index (χ2v) is 9.31. The third kappa shape index (κ3) is 4.60. The molecule has 0 spiro atoms. The zero-order chi connectivity index (χ0) is 22.8. The summed E-state index contributed by atoms with van der Waals surface area (Å²) in [5, 5.41) is 9.47. The number of ketones is 1. The second kappa shape index (κ2) is 9.29. The third-order valence-corrected chi connectivity index (χ3v) is 6.91. The van der Waals surface area contributed by atoms with Gasteiger partial charge in [0.2, 0.25) is 5.16 Å². The molecule has 0 fully saturated rings. The average Bonchev–Trinajstić information content (AvgIpc) is 3.25. The van der Waals surface area contributed by atoms with Crippen LogP contribution in [0.15, 0.2) is 84.0 Å². The fourth-order valence-corrected chi connectivity index (χ4v) is 4.96. The molecule has 4 aromatic rings. The van der Waals surface area contributed by atoms with Crippen molar-refractivity contribution in [2.75, 3.05) is 5.43 Å². The fraction of sp³-hybridized carbons (Fsp3) is 0.160. The van der Waals surface area contributed by atoms with Crippen molar-refractivity contribution in [3.8, 4) is 5.75 Å². The number of benzene rings is 3. The Morgan fingerprint density at radius 3 is 2.48 bits per heavy atom. The Kier molecular flexibility index (Phi) is 6.07. The van der Waals surface area contributed by atoms with Gasteiger partial charge in [-0.3, -0.25) is 4.79 Å². The summed E-state index contributed by atoms with van der Waals surface area (Å²) in [5.74, 6) is 1.41. The van der Waals surface area contributed by atoms with Gasteiger partial charge in [0, 0.05) is 10.6 Å². The van der Waals surface area contributed by atoms with E-state index in [9.17, 15) is 4.79 Å². The number of nitrogens with zero attached hydrogens (tertiary/aromatic N) is 3. The number of thioether (sulfide) groups is 1. The number of aromatic nitrogens is 3. The number of carbonyl (C=O) groups is 1. The molecule has 6 nitrogen and oxygen atoms in total. The minimum atomic E-state index is -0.420. The molecule has 0 unspecified atom stereocenters. The van der Waals surface area contributed by atoms with Gasteiger partial charge in [-0.1, -0.05) is 83.5 Å². The molecule has 0 radical (unpaired) electrons. The summed E-state index contributed by atoms with van der Waals surface area (Å²) in [7, 11) is 0. The highest BCUT2D eigenvalue weighted by molar-refractivity contribution is 8.00. The van der Waals surface area contributed by atoms with Gasteiger partial charge < -0.3 is 10.2 Å². The van der Waals surface area contributed by atoms with Crippen molar-refractivity contribution in [3.63, 3.8) is 0 Å². The molecule has 2 heterocycles. The van der Waals surface area contributed by atoms with Crippen LogP contribution in [0, 0.1) is 6.92 Å². The van der Waals surface area contributed by atoms with E-state index >= 15 is 0 Å². The SMILES string of the molecule is Cc1ccc(OCc2nnc3n2N[C@H](c2ccc(Cl)cc2)[C@H](C(=O)c2ccccc2)S3)cc1. The van der Waals surface area contributed by atoms with E-state index in [-0.39, 0.29) is 18.4 Å². The molecule has 1 aromatic heterocycles. The first-order chi connectivity index (χ1) is 16.1. The van der Waals surface area contributed by atoms with E-state index in [1.165, 1.54) is 17.3 Å². The van der Waals surface area contributed by atoms with Crippen molar-refractivity contribution in [3.05, 3.63) is 106 Å². The van der Waals surface area contributed by atoms with E-state index in [1.807, 2.05) is 90.5 Å². The van der Waals surface area contributed by atoms with Gasteiger partial charge >= 0.3 is 0 Å². The normalized spacial score (nSPS) is 17.2. The number of rotatable bonds is 6. The Morgan fingerprint density at radius 2 is 1.76 bits per heavy atom. The highest BCUT2D eigenvalue weighted by atomic mass is 35.5. The maximum Gasteiger partial charge on any atom is 0.210 e. The van der Waals surface area contributed by atoms with Gasteiger partial charge in [-0.15, -0.1) is 10.2 Å². The van der Waals surface area contributed by atoms with Crippen molar-refractivity contribution in [1.82, 2.24) is 14.9 Å². The van der Waals surface area contributed by atoms with Gasteiger partial charge in [-0.25, -0.2) is 4.68 Å². The van der Waals surface area contributed by atoms with Crippen molar-refractivity contribution < 1.29 is 9.53 Å². The quantitative estimate of drug-likeness (QED) is 0.372. The lowest BCUT2D eigenvalue weighted by atomic mass is 9.97. The molecule has 0 saturated heterocycles. The first-order valence-corrected chi connectivity index (χ1v) is 11.8. The van der Waals surface area contributed by atoms with Crippen LogP contribution in [0.2, 0.25) is 5.02 Å². The second-order valence-electron chi connectivity index (χ2n) is 7.76. The van der Waals surface area contributed by atoms with Crippen LogP contribution in [-0.2, 0) is 6.61 Å². The van der Waals surface area contributed by atoms with Crippen LogP contribution in [0.3, 0.4) is 0 Å². The van der Waals surface area contributed by atoms with E-state index in [0.717, 1.165) is 11.3 Å². The van der Waals surface area contributed by atoms with Crippen LogP contribution in [0.5, 0.6) is 5.75 Å². The Balaban J connectivity index is 1.44. The molecule has 33 heavy (non-hydrogen) atoms. The smallest absolute Gasteiger partial charge is 0.210 e. The maximum atomic E-state index is 13.4. The Labute approximate surface area is 200 Å². The van der Waals surface area contributed by atoms with Gasteiger partial charge in [0.15, 0.2) is 11.6 Å². The van der Waals surface area contributed by atoms with Gasteiger partial charge in [0.05, 0.1) is 6.04 Å². The van der Waals surface area contributed by atoms with Gasteiger partial charge in [0.1, 0.15) is 17.6 Å². The predicted molar refractivity (Wildman–Crippen MR) is 130 cm³/mol. The number of carbonyl (C=O) groups excluding carboxylic acids is 1. The highest BCUT2D eigenvalue weighted by Crippen LogP contribution is 2.39. The first-order valence-electron chi connectivity index (χ1n) is 10.5. The molecule has 0 amide bonds. The molecule has 2 atom stereocenters. The summed E-state index contributed by atoms with van der Waals surface area (Å²) < 4.78 is 7.73. The molecule has 1 aliphatic rings. The highest BCUT2D eigenvalue weighted by Gasteiger charge is 2.38. The lowest BCUT2D eigenvalue weighted by molar-refractivity contribution is 0.0980. The zero-order valence-corrected chi connectivity index (χ0v) is 19.4. The van der Waals surface area contributed by atoms with Crippen molar-refractivity contribution in [1.29, 1.82) is 0 Å². The molecule has 8 heteroatoms. The summed E-state index contributed by atoms with van der Waals surface area (Å²) in [6, 6.07) is 24.4. The van der Waals surface area contributed by atoms with Gasteiger partial charge in [0.25, 0.3) is 0 Å². The largest absolute Gasteiger partial charge is 0.486 e. The number of hydrogen-bond acceptors (Lipinski definition) is 6. The standard InChI is InChI=1S/C25H21ClN4O2S/c1-16-7-13-20(14-8-16)32-15-21-27-28-25-30(21)29-22(17-9-11-19(26)12-10-17)24(33-25)23(31)18-5-3-2-4-6-18/h2-14,22,24,29H,15H2,1H3/t22-,24-/m1/s1. The van der Waals surface area contributed by atoms with E-state index in [4.69, 9.17) is 16.3 Å². The van der Waals surface area contributed by atoms with Crippen molar-refractivity contribution in [2.45, 2.75) is 30.0 Å². The minimum Gasteiger partial charge on any atom is -0.486 e. The summed E-state index contributed by atoms with van der Waals surface area (Å²) in [6.07, 6.45) is 0. The van der Waals surface area contributed by atoms with Crippen LogP contribution in [0.1, 0.15) is 33.4 Å². The van der Waals surface area contributed by atoms with E-state index in [0.29, 0.717) is 21.6 Å². The number of hydrogen-bond donors (Lipinski definition) is 1. The summed E-state index contributed by atoms with van der Waals surface area (Å²) in [6.45, 7) is 2.28. The monoisotopic (exact) mass is 476 g/mol. The lowest BCUT2D eigenvalue weighted by Gasteiger charge is -2.33. The first kappa shape index (κ1) is 21.6. The molecule has 0 saturated carbocycles. The predicted octanol–water partition coefficient (Wildman–Crippen LogP) is 5.46. The number of halogens is 1. The van der Waals surface area contributed by atoms with Gasteiger partial charge in [-0.05, 0) is 36.8 Å². The van der Waals surface area contributed by atoms with Crippen LogP contribution >= 0.6 is 23.4 Å². The summed E-state index contributed by atoms with van der Waals surface area (Å²) >= 11 is 7.51. The molecule has 3 aromatic carbocycles. The summed E-state index contributed by atoms with van der Waals surface area (Å²) in [5.41, 5.74) is 6.23. The van der Waals surface area contributed by atoms with Crippen molar-refractivity contribution in [2.24, 2.45) is 0 Å². The molecule has 0 aliphatic carbocycles. The van der Waals surface area contributed by atoms with Crippen LogP contribution in [0.25, 0.3) is 0 Å². The number of aryl methyl sites for hydroxylation is 1. The van der Waals surface area contributed by atoms with Crippen molar-refractivity contribution >= 4 is 29.1 Å². The maximum absolute atomic E-state index is 13.4. The lowest BCUT2D eigenvalue weighted by Crippen LogP contribution is -2.39. The number of fused-ring (bicyclic) bond motifs is 1. The number of Topliss-reactive ketones (excluding diaryl/α,β-unsaturated/α-hetero) is 1. The Bertz CT molecular complexity index is 1260. The molecule has 5 rings (SSSR count). The Hall–Kier alpha value is -3.29. The summed E-state index contributed by atoms with van der Waals surface area (Å²) in [4.78, 5) is 13.4. The molecule has 0 bridgehead atoms. The third-order valence-electron chi connectivity index (χ3n) is 5.44. The zero-order valence-electron chi connectivity index (χ0n) is 17.8. The molecule has 1 aliphatic heterocycles. The van der Waals surface area contributed by atoms with Crippen LogP contribution in [0.4, 0.5) is 0 Å². The number of nitrogens with one attached hydrogen (secondary N) is 1. The van der Waals surface area contributed by atoms with Crippen LogP contribution in [-0.4, -0.2) is 25.9 Å². The van der Waals surface area contributed by atoms with Crippen LogP contribution < -0.4 is 10.2 Å². The van der Waals surface area contributed by atoms with E-state index in [2.05, 4.69) is 15.6 Å². The molecular formula is C25H21ClN4O2S. The molecular weight excluding hydrogens is 456 g/mol. The molecule has 166 valence electrons.